The number of rotatable bonds is 3. The molecule has 0 unspecified atom stereocenters. The molecule has 1 aliphatic heterocycles. The number of nitrogens with zero attached hydrogens (tertiary/aromatic N) is 2. The van der Waals surface area contributed by atoms with E-state index in [0.717, 1.165) is 5.69 Å². The average Bonchev–Trinajstić information content (AvgIpc) is 2.86. The van der Waals surface area contributed by atoms with Gasteiger partial charge in [0.15, 0.2) is 0 Å². The van der Waals surface area contributed by atoms with E-state index in [9.17, 15) is 9.59 Å². The predicted octanol–water partition coefficient (Wildman–Crippen LogP) is 1.72. The monoisotopic (exact) mass is 300 g/mol. The van der Waals surface area contributed by atoms with E-state index in [1.807, 2.05) is 13.0 Å². The van der Waals surface area contributed by atoms with E-state index in [0.29, 0.717) is 17.3 Å². The molecule has 0 fully saturated rings. The summed E-state index contributed by atoms with van der Waals surface area (Å²) >= 11 is 0. The largest absolute Gasteiger partial charge is 0.495 e. The molecule has 1 aromatic carbocycles. The van der Waals surface area contributed by atoms with Crippen LogP contribution in [0.15, 0.2) is 30.3 Å². The summed E-state index contributed by atoms with van der Waals surface area (Å²) in [7, 11) is 1.54. The molecule has 22 heavy (non-hydrogen) atoms. The number of nitrogens with one attached hydrogen (secondary N) is 2. The molecule has 2 heterocycles. The third kappa shape index (κ3) is 2.52. The minimum absolute atomic E-state index is 0.0507. The smallest absolute Gasteiger partial charge is 0.249 e. The van der Waals surface area contributed by atoms with Gasteiger partial charge in [-0.1, -0.05) is 12.1 Å². The van der Waals surface area contributed by atoms with Crippen LogP contribution in [-0.4, -0.2) is 28.7 Å². The van der Waals surface area contributed by atoms with Gasteiger partial charge in [0.25, 0.3) is 0 Å². The highest BCUT2D eigenvalue weighted by atomic mass is 16.5. The number of anilines is 2. The molecule has 114 valence electrons. The third-order valence-electron chi connectivity index (χ3n) is 3.47. The van der Waals surface area contributed by atoms with Gasteiger partial charge in [0.2, 0.25) is 11.8 Å². The van der Waals surface area contributed by atoms with E-state index < -0.39 is 6.04 Å². The molecule has 7 heteroatoms. The van der Waals surface area contributed by atoms with E-state index in [4.69, 9.17) is 4.74 Å². The number of aromatic nitrogens is 2. The maximum atomic E-state index is 12.5. The summed E-state index contributed by atoms with van der Waals surface area (Å²) in [6.07, 6.45) is 0.0507. The Hall–Kier alpha value is -2.83. The summed E-state index contributed by atoms with van der Waals surface area (Å²) in [6, 6.07) is 8.18. The SMILES string of the molecule is COc1ccccc1NC(=O)[C@@H]1CC(=O)Nc2cc(C)nn21. The fraction of sp³-hybridized carbons (Fsp3) is 0.267. The topological polar surface area (TPSA) is 85.2 Å². The fourth-order valence-corrected chi connectivity index (χ4v) is 2.47. The molecule has 2 aromatic rings. The van der Waals surface area contributed by atoms with Crippen molar-refractivity contribution in [2.75, 3.05) is 17.7 Å². The number of hydrogen-bond acceptors (Lipinski definition) is 4. The number of hydrogen-bond donors (Lipinski definition) is 2. The zero-order valence-corrected chi connectivity index (χ0v) is 12.3. The van der Waals surface area contributed by atoms with Crippen LogP contribution in [0.3, 0.4) is 0 Å². The summed E-state index contributed by atoms with van der Waals surface area (Å²) in [5.74, 6) is 0.596. The van der Waals surface area contributed by atoms with Gasteiger partial charge < -0.3 is 15.4 Å². The Morgan fingerprint density at radius 2 is 2.23 bits per heavy atom. The molecule has 0 radical (unpaired) electrons. The first-order chi connectivity index (χ1) is 10.6. The van der Waals surface area contributed by atoms with Crippen molar-refractivity contribution < 1.29 is 14.3 Å². The van der Waals surface area contributed by atoms with Gasteiger partial charge >= 0.3 is 0 Å². The zero-order chi connectivity index (χ0) is 15.7. The van der Waals surface area contributed by atoms with E-state index in [1.54, 1.807) is 28.9 Å². The highest BCUT2D eigenvalue weighted by Gasteiger charge is 2.31. The van der Waals surface area contributed by atoms with Crippen molar-refractivity contribution in [2.45, 2.75) is 19.4 Å². The normalized spacial score (nSPS) is 16.6. The summed E-state index contributed by atoms with van der Waals surface area (Å²) in [6.45, 7) is 1.81. The van der Waals surface area contributed by atoms with Crippen LogP contribution in [0.4, 0.5) is 11.5 Å². The predicted molar refractivity (Wildman–Crippen MR) is 80.9 cm³/mol. The molecule has 0 saturated heterocycles. The van der Waals surface area contributed by atoms with Gasteiger partial charge in [-0.25, -0.2) is 4.68 Å². The lowest BCUT2D eigenvalue weighted by Crippen LogP contribution is -2.35. The summed E-state index contributed by atoms with van der Waals surface area (Å²) in [4.78, 5) is 24.3. The van der Waals surface area contributed by atoms with Gasteiger partial charge in [-0.15, -0.1) is 0 Å². The fourth-order valence-electron chi connectivity index (χ4n) is 2.47. The van der Waals surface area contributed by atoms with E-state index in [1.165, 1.54) is 7.11 Å². The molecule has 2 amide bonds. The molecule has 0 spiro atoms. The first-order valence-corrected chi connectivity index (χ1v) is 6.88. The van der Waals surface area contributed by atoms with Crippen LogP contribution < -0.4 is 15.4 Å². The number of ether oxygens (including phenoxy) is 1. The molecule has 0 saturated carbocycles. The van der Waals surface area contributed by atoms with Crippen molar-refractivity contribution in [3.63, 3.8) is 0 Å². The molecule has 1 aliphatic rings. The Morgan fingerprint density at radius 1 is 1.45 bits per heavy atom. The second kappa shape index (κ2) is 5.51. The molecule has 3 rings (SSSR count). The Labute approximate surface area is 127 Å². The number of carbonyl (C=O) groups is 2. The molecular formula is C15H16N4O3. The number of methoxy groups -OCH3 is 1. The zero-order valence-electron chi connectivity index (χ0n) is 12.3. The lowest BCUT2D eigenvalue weighted by molar-refractivity contribution is -0.125. The summed E-state index contributed by atoms with van der Waals surface area (Å²) < 4.78 is 6.75. The quantitative estimate of drug-likeness (QED) is 0.904. The molecule has 2 N–H and O–H groups in total. The van der Waals surface area contributed by atoms with Gasteiger partial charge in [-0.05, 0) is 19.1 Å². The van der Waals surface area contributed by atoms with E-state index in [-0.39, 0.29) is 18.2 Å². The molecule has 0 aliphatic carbocycles. The number of amides is 2. The van der Waals surface area contributed by atoms with E-state index >= 15 is 0 Å². The standard InChI is InChI=1S/C15H16N4O3/c1-9-7-13-17-14(20)8-11(19(13)18-9)15(21)16-10-5-3-4-6-12(10)22-2/h3-7,11H,8H2,1-2H3,(H,16,21)(H,17,20)/t11-/m0/s1. The Kier molecular flexibility index (Phi) is 3.54. The number of carbonyl (C=O) groups excluding carboxylic acids is 2. The minimum atomic E-state index is -0.678. The van der Waals surface area contributed by atoms with Crippen LogP contribution in [-0.2, 0) is 9.59 Å². The van der Waals surface area contributed by atoms with Crippen molar-refractivity contribution in [1.29, 1.82) is 0 Å². The average molecular weight is 300 g/mol. The lowest BCUT2D eigenvalue weighted by atomic mass is 10.1. The van der Waals surface area contributed by atoms with Crippen molar-refractivity contribution in [2.24, 2.45) is 0 Å². The van der Waals surface area contributed by atoms with Gasteiger partial charge in [-0.3, -0.25) is 9.59 Å². The first-order valence-electron chi connectivity index (χ1n) is 6.88. The third-order valence-corrected chi connectivity index (χ3v) is 3.47. The van der Waals surface area contributed by atoms with Crippen LogP contribution in [0, 0.1) is 6.92 Å². The molecule has 0 bridgehead atoms. The van der Waals surface area contributed by atoms with Gasteiger partial charge in [-0.2, -0.15) is 5.10 Å². The Morgan fingerprint density at radius 3 is 3.00 bits per heavy atom. The van der Waals surface area contributed by atoms with Crippen molar-refractivity contribution in [3.8, 4) is 5.75 Å². The summed E-state index contributed by atoms with van der Waals surface area (Å²) in [5.41, 5.74) is 1.30. The van der Waals surface area contributed by atoms with Gasteiger partial charge in [0.05, 0.1) is 24.9 Å². The van der Waals surface area contributed by atoms with Crippen molar-refractivity contribution in [3.05, 3.63) is 36.0 Å². The summed E-state index contributed by atoms with van der Waals surface area (Å²) in [5, 5.41) is 9.79. The maximum absolute atomic E-state index is 12.5. The number of benzene rings is 1. The van der Waals surface area contributed by atoms with Crippen LogP contribution in [0.5, 0.6) is 5.75 Å². The minimum Gasteiger partial charge on any atom is -0.495 e. The molecule has 7 nitrogen and oxygen atoms in total. The molecule has 1 atom stereocenters. The Bertz CT molecular complexity index is 738. The number of fused-ring (bicyclic) bond motifs is 1. The van der Waals surface area contributed by atoms with Crippen LogP contribution in [0.2, 0.25) is 0 Å². The maximum Gasteiger partial charge on any atom is 0.249 e. The van der Waals surface area contributed by atoms with Crippen molar-refractivity contribution in [1.82, 2.24) is 9.78 Å². The first kappa shape index (κ1) is 14.1. The van der Waals surface area contributed by atoms with Crippen LogP contribution in [0.1, 0.15) is 18.2 Å². The Balaban J connectivity index is 1.88. The number of aryl methyl sites for hydroxylation is 1. The van der Waals surface area contributed by atoms with Crippen molar-refractivity contribution >= 4 is 23.3 Å². The van der Waals surface area contributed by atoms with E-state index in [2.05, 4.69) is 15.7 Å². The second-order valence-electron chi connectivity index (χ2n) is 5.07. The van der Waals surface area contributed by atoms with Gasteiger partial charge in [0, 0.05) is 6.07 Å². The highest BCUT2D eigenvalue weighted by molar-refractivity contribution is 6.01. The highest BCUT2D eigenvalue weighted by Crippen LogP contribution is 2.28. The van der Waals surface area contributed by atoms with Crippen LogP contribution in [0.25, 0.3) is 0 Å². The molecule has 1 aromatic heterocycles. The second-order valence-corrected chi connectivity index (χ2v) is 5.07. The molecular weight excluding hydrogens is 284 g/mol. The van der Waals surface area contributed by atoms with Crippen LogP contribution >= 0.6 is 0 Å². The lowest BCUT2D eigenvalue weighted by Gasteiger charge is -2.24. The van der Waals surface area contributed by atoms with Gasteiger partial charge in [0.1, 0.15) is 17.6 Å². The number of para-hydroxylation sites is 2.